The second-order valence-corrected chi connectivity index (χ2v) is 6.08. The summed E-state index contributed by atoms with van der Waals surface area (Å²) in [4.78, 5) is 23.5. The van der Waals surface area contributed by atoms with Crippen molar-refractivity contribution in [3.63, 3.8) is 0 Å². The molecule has 2 rings (SSSR count). The number of anilines is 1. The number of hydrogen-bond donors (Lipinski definition) is 2. The minimum Gasteiger partial charge on any atom is -0.479 e. The molecule has 25 heavy (non-hydrogen) atoms. The van der Waals surface area contributed by atoms with E-state index in [1.165, 1.54) is 19.9 Å². The van der Waals surface area contributed by atoms with E-state index in [0.29, 0.717) is 5.02 Å². The molecule has 2 amide bonds. The second kappa shape index (κ2) is 7.72. The van der Waals surface area contributed by atoms with Crippen molar-refractivity contribution in [3.8, 4) is 5.75 Å². The zero-order chi connectivity index (χ0) is 18.7. The highest BCUT2D eigenvalue weighted by atomic mass is 35.5. The van der Waals surface area contributed by atoms with Gasteiger partial charge in [-0.25, -0.2) is 4.39 Å². The van der Waals surface area contributed by atoms with Crippen molar-refractivity contribution >= 4 is 40.7 Å². The monoisotopic (exact) mass is 384 g/mol. The molecule has 0 spiro atoms. The first-order valence-electron chi connectivity index (χ1n) is 7.22. The maximum atomic E-state index is 13.9. The topological polar surface area (TPSA) is 81.4 Å². The Morgan fingerprint density at radius 3 is 2.60 bits per heavy atom. The molecule has 0 bridgehead atoms. The number of primary amides is 1. The number of carbonyl (C=O) groups excluding carboxylic acids is 2. The van der Waals surface area contributed by atoms with Crippen LogP contribution < -0.4 is 15.8 Å². The van der Waals surface area contributed by atoms with Gasteiger partial charge in [0, 0.05) is 16.8 Å². The molecule has 0 aliphatic rings. The lowest BCUT2D eigenvalue weighted by Crippen LogP contribution is -2.30. The molecule has 0 fully saturated rings. The normalized spacial score (nSPS) is 11.7. The largest absolute Gasteiger partial charge is 0.479 e. The van der Waals surface area contributed by atoms with Crippen LogP contribution in [-0.2, 0) is 4.79 Å². The first-order valence-corrected chi connectivity index (χ1v) is 7.97. The van der Waals surface area contributed by atoms with Crippen LogP contribution in [0.3, 0.4) is 0 Å². The second-order valence-electron chi connectivity index (χ2n) is 5.30. The molecule has 0 saturated heterocycles. The fourth-order valence-corrected chi connectivity index (χ4v) is 2.34. The smallest absolute Gasteiger partial charge is 0.265 e. The summed E-state index contributed by atoms with van der Waals surface area (Å²) in [5.74, 6) is -1.77. The Hall–Kier alpha value is -2.31. The van der Waals surface area contributed by atoms with E-state index >= 15 is 0 Å². The van der Waals surface area contributed by atoms with Crippen molar-refractivity contribution in [3.05, 3.63) is 57.3 Å². The highest BCUT2D eigenvalue weighted by molar-refractivity contribution is 6.42. The van der Waals surface area contributed by atoms with Crippen LogP contribution in [0.15, 0.2) is 30.3 Å². The number of rotatable bonds is 5. The van der Waals surface area contributed by atoms with E-state index < -0.39 is 23.7 Å². The van der Waals surface area contributed by atoms with Crippen LogP contribution >= 0.6 is 23.2 Å². The van der Waals surface area contributed by atoms with Gasteiger partial charge in [0.25, 0.3) is 5.91 Å². The molecule has 1 atom stereocenters. The third kappa shape index (κ3) is 4.41. The molecule has 132 valence electrons. The summed E-state index contributed by atoms with van der Waals surface area (Å²) >= 11 is 11.9. The van der Waals surface area contributed by atoms with Crippen LogP contribution in [0, 0.1) is 12.7 Å². The zero-order valence-corrected chi connectivity index (χ0v) is 14.9. The third-order valence-electron chi connectivity index (χ3n) is 3.48. The molecule has 1 unspecified atom stereocenters. The maximum absolute atomic E-state index is 13.9. The van der Waals surface area contributed by atoms with Crippen LogP contribution in [0.25, 0.3) is 0 Å². The third-order valence-corrected chi connectivity index (χ3v) is 4.28. The highest BCUT2D eigenvalue weighted by Crippen LogP contribution is 2.32. The fourth-order valence-electron chi connectivity index (χ4n) is 2.00. The summed E-state index contributed by atoms with van der Waals surface area (Å²) in [6, 6.07) is 7.10. The standard InChI is InChI=1S/C17H15Cl2FN2O3/c1-8-12(20)6-10(16(21)23)7-13(8)22-17(24)9(2)25-14-5-3-4-11(18)15(14)19/h3-7,9H,1-2H3,(H2,21,23)(H,22,24). The SMILES string of the molecule is Cc1c(F)cc(C(N)=O)cc1NC(=O)C(C)Oc1cccc(Cl)c1Cl. The van der Waals surface area contributed by atoms with Gasteiger partial charge < -0.3 is 15.8 Å². The van der Waals surface area contributed by atoms with E-state index in [2.05, 4.69) is 5.32 Å². The predicted octanol–water partition coefficient (Wildman–Crippen LogP) is 3.95. The Bertz CT molecular complexity index is 843. The highest BCUT2D eigenvalue weighted by Gasteiger charge is 2.19. The lowest BCUT2D eigenvalue weighted by molar-refractivity contribution is -0.122. The van der Waals surface area contributed by atoms with Gasteiger partial charge in [0.2, 0.25) is 5.91 Å². The molecule has 8 heteroatoms. The molecule has 0 radical (unpaired) electrons. The number of halogens is 3. The Kier molecular flexibility index (Phi) is 5.87. The van der Waals surface area contributed by atoms with Gasteiger partial charge >= 0.3 is 0 Å². The van der Waals surface area contributed by atoms with Crippen molar-refractivity contribution in [2.24, 2.45) is 5.73 Å². The molecular weight excluding hydrogens is 370 g/mol. The number of carbonyl (C=O) groups is 2. The molecule has 0 saturated carbocycles. The van der Waals surface area contributed by atoms with Crippen molar-refractivity contribution < 1.29 is 18.7 Å². The average Bonchev–Trinajstić information content (AvgIpc) is 2.55. The van der Waals surface area contributed by atoms with Crippen LogP contribution in [0.4, 0.5) is 10.1 Å². The quantitative estimate of drug-likeness (QED) is 0.818. The van der Waals surface area contributed by atoms with Gasteiger partial charge in [-0.2, -0.15) is 0 Å². The van der Waals surface area contributed by atoms with Gasteiger partial charge in [-0.3, -0.25) is 9.59 Å². The predicted molar refractivity (Wildman–Crippen MR) is 94.8 cm³/mol. The first kappa shape index (κ1) is 19.0. The van der Waals surface area contributed by atoms with E-state index in [1.54, 1.807) is 18.2 Å². The summed E-state index contributed by atoms with van der Waals surface area (Å²) in [5, 5.41) is 2.99. The van der Waals surface area contributed by atoms with Crippen molar-refractivity contribution in [2.45, 2.75) is 20.0 Å². The lowest BCUT2D eigenvalue weighted by atomic mass is 10.1. The molecule has 0 heterocycles. The van der Waals surface area contributed by atoms with Crippen molar-refractivity contribution in [1.29, 1.82) is 0 Å². The molecule has 5 nitrogen and oxygen atoms in total. The summed E-state index contributed by atoms with van der Waals surface area (Å²) in [5.41, 5.74) is 5.41. The first-order chi connectivity index (χ1) is 11.7. The molecular formula is C17H15Cl2FN2O3. The zero-order valence-electron chi connectivity index (χ0n) is 13.4. The molecule has 2 aromatic carbocycles. The number of nitrogens with one attached hydrogen (secondary N) is 1. The molecule has 0 aliphatic carbocycles. The van der Waals surface area contributed by atoms with Crippen LogP contribution in [0.2, 0.25) is 10.0 Å². The number of nitrogens with two attached hydrogens (primary N) is 1. The summed E-state index contributed by atoms with van der Waals surface area (Å²) in [6.45, 7) is 2.96. The van der Waals surface area contributed by atoms with Gasteiger partial charge in [0.15, 0.2) is 6.10 Å². The number of hydrogen-bond acceptors (Lipinski definition) is 3. The van der Waals surface area contributed by atoms with Crippen molar-refractivity contribution in [2.75, 3.05) is 5.32 Å². The number of ether oxygens (including phenoxy) is 1. The Morgan fingerprint density at radius 2 is 1.96 bits per heavy atom. The van der Waals surface area contributed by atoms with E-state index in [1.807, 2.05) is 0 Å². The Labute approximate surface area is 153 Å². The van der Waals surface area contributed by atoms with Crippen LogP contribution in [0.1, 0.15) is 22.8 Å². The maximum Gasteiger partial charge on any atom is 0.265 e. The summed E-state index contributed by atoms with van der Waals surface area (Å²) in [6.07, 6.45) is -0.948. The molecule has 0 aliphatic heterocycles. The van der Waals surface area contributed by atoms with E-state index in [9.17, 15) is 14.0 Å². The lowest BCUT2D eigenvalue weighted by Gasteiger charge is -2.17. The average molecular weight is 385 g/mol. The number of amides is 2. The minimum atomic E-state index is -0.948. The van der Waals surface area contributed by atoms with Gasteiger partial charge in [0.05, 0.1) is 5.02 Å². The summed E-state index contributed by atoms with van der Waals surface area (Å²) < 4.78 is 19.4. The minimum absolute atomic E-state index is 0.0511. The van der Waals surface area contributed by atoms with Crippen LogP contribution in [0.5, 0.6) is 5.75 Å². The van der Waals surface area contributed by atoms with Gasteiger partial charge in [-0.15, -0.1) is 0 Å². The van der Waals surface area contributed by atoms with Crippen molar-refractivity contribution in [1.82, 2.24) is 0 Å². The fraction of sp³-hybridized carbons (Fsp3) is 0.176. The van der Waals surface area contributed by atoms with Crippen LogP contribution in [-0.4, -0.2) is 17.9 Å². The van der Waals surface area contributed by atoms with E-state index in [4.69, 9.17) is 33.7 Å². The number of benzene rings is 2. The molecule has 3 N–H and O–H groups in total. The van der Waals surface area contributed by atoms with Gasteiger partial charge in [-0.1, -0.05) is 29.3 Å². The summed E-state index contributed by atoms with van der Waals surface area (Å²) in [7, 11) is 0. The van der Waals surface area contributed by atoms with Gasteiger partial charge in [-0.05, 0) is 38.1 Å². The van der Waals surface area contributed by atoms with E-state index in [-0.39, 0.29) is 27.6 Å². The molecule has 2 aromatic rings. The Balaban J connectivity index is 2.19. The molecule has 0 aromatic heterocycles. The van der Waals surface area contributed by atoms with E-state index in [0.717, 1.165) is 6.07 Å². The Morgan fingerprint density at radius 1 is 1.28 bits per heavy atom. The van der Waals surface area contributed by atoms with Gasteiger partial charge in [0.1, 0.15) is 16.6 Å².